The fourth-order valence-electron chi connectivity index (χ4n) is 2.86. The molecule has 1 aromatic heterocycles. The number of aryl methyl sites for hydroxylation is 2. The lowest BCUT2D eigenvalue weighted by molar-refractivity contribution is 0.0490. The Kier molecular flexibility index (Phi) is 3.78. The van der Waals surface area contributed by atoms with Crippen LogP contribution in [0.3, 0.4) is 0 Å². The first-order chi connectivity index (χ1) is 10.2. The molecule has 0 bridgehead atoms. The number of esters is 1. The van der Waals surface area contributed by atoms with Crippen LogP contribution < -0.4 is 5.43 Å². The van der Waals surface area contributed by atoms with Gasteiger partial charge in [-0.2, -0.15) is 0 Å². The van der Waals surface area contributed by atoms with Gasteiger partial charge in [-0.05, 0) is 55.9 Å². The first-order valence-corrected chi connectivity index (χ1v) is 7.46. The summed E-state index contributed by atoms with van der Waals surface area (Å²) in [6.45, 7) is 1.97. The molecule has 0 fully saturated rings. The first kappa shape index (κ1) is 13.9. The lowest BCUT2D eigenvalue weighted by Gasteiger charge is -2.08. The number of rotatable bonds is 2. The number of carbonyl (C=O) groups excluding carboxylic acids is 1. The second kappa shape index (κ2) is 5.72. The van der Waals surface area contributed by atoms with Crippen molar-refractivity contribution >= 4 is 16.9 Å². The van der Waals surface area contributed by atoms with Gasteiger partial charge in [0.25, 0.3) is 0 Å². The lowest BCUT2D eigenvalue weighted by atomic mass is 10.0. The first-order valence-electron chi connectivity index (χ1n) is 7.46. The van der Waals surface area contributed by atoms with E-state index in [0.29, 0.717) is 11.0 Å². The van der Waals surface area contributed by atoms with Crippen molar-refractivity contribution < 1.29 is 13.9 Å². The molecule has 1 aliphatic rings. The molecule has 1 heterocycles. The largest absolute Gasteiger partial charge is 0.460 e. The van der Waals surface area contributed by atoms with E-state index in [-0.39, 0.29) is 17.8 Å². The normalized spacial score (nSPS) is 14.5. The second-order valence-corrected chi connectivity index (χ2v) is 5.37. The molecule has 4 heteroatoms. The van der Waals surface area contributed by atoms with Crippen LogP contribution in [0.1, 0.15) is 47.9 Å². The molecule has 4 nitrogen and oxygen atoms in total. The third kappa shape index (κ3) is 2.71. The molecule has 0 saturated carbocycles. The van der Waals surface area contributed by atoms with Crippen LogP contribution >= 0.6 is 0 Å². The van der Waals surface area contributed by atoms with E-state index in [1.54, 1.807) is 6.92 Å². The Labute approximate surface area is 122 Å². The highest BCUT2D eigenvalue weighted by molar-refractivity contribution is 5.89. The van der Waals surface area contributed by atoms with Crippen molar-refractivity contribution in [2.24, 2.45) is 0 Å². The number of hydrogen-bond donors (Lipinski definition) is 0. The van der Waals surface area contributed by atoms with Gasteiger partial charge in [-0.15, -0.1) is 0 Å². The minimum atomic E-state index is -0.591. The molecule has 0 unspecified atom stereocenters. The molecule has 21 heavy (non-hydrogen) atoms. The summed E-state index contributed by atoms with van der Waals surface area (Å²) in [5, 5.41) is 0.545. The molecule has 0 aliphatic heterocycles. The molecule has 0 atom stereocenters. The van der Waals surface area contributed by atoms with Gasteiger partial charge in [0, 0.05) is 6.07 Å². The third-order valence-corrected chi connectivity index (χ3v) is 3.92. The van der Waals surface area contributed by atoms with Crippen molar-refractivity contribution in [3.05, 3.63) is 45.3 Å². The molecule has 0 radical (unpaired) electrons. The summed E-state index contributed by atoms with van der Waals surface area (Å²) < 4.78 is 10.5. The lowest BCUT2D eigenvalue weighted by Crippen LogP contribution is -2.10. The van der Waals surface area contributed by atoms with E-state index >= 15 is 0 Å². The maximum absolute atomic E-state index is 12.2. The predicted octanol–water partition coefficient (Wildman–Crippen LogP) is 3.24. The van der Waals surface area contributed by atoms with Gasteiger partial charge >= 0.3 is 5.97 Å². The Hall–Kier alpha value is -2.10. The zero-order valence-corrected chi connectivity index (χ0v) is 12.1. The van der Waals surface area contributed by atoms with Crippen LogP contribution in [0.2, 0.25) is 0 Å². The molecule has 0 spiro atoms. The van der Waals surface area contributed by atoms with Crippen LogP contribution in [0, 0.1) is 0 Å². The molecule has 0 amide bonds. The summed E-state index contributed by atoms with van der Waals surface area (Å²) in [4.78, 5) is 23.9. The minimum absolute atomic E-state index is 0.0251. The summed E-state index contributed by atoms with van der Waals surface area (Å²) in [6.07, 6.45) is 5.52. The van der Waals surface area contributed by atoms with E-state index in [4.69, 9.17) is 9.15 Å². The van der Waals surface area contributed by atoms with Gasteiger partial charge in [0.05, 0.1) is 12.0 Å². The Morgan fingerprint density at radius 1 is 1.14 bits per heavy atom. The van der Waals surface area contributed by atoms with Gasteiger partial charge in [-0.3, -0.25) is 4.79 Å². The van der Waals surface area contributed by atoms with Crippen molar-refractivity contribution in [2.75, 3.05) is 6.61 Å². The Bertz CT molecular complexity index is 742. The van der Waals surface area contributed by atoms with E-state index in [9.17, 15) is 9.59 Å². The van der Waals surface area contributed by atoms with Crippen LogP contribution in [0.4, 0.5) is 0 Å². The fourth-order valence-corrected chi connectivity index (χ4v) is 2.86. The summed E-state index contributed by atoms with van der Waals surface area (Å²) >= 11 is 0. The molecule has 2 aromatic rings. The number of benzene rings is 1. The highest BCUT2D eigenvalue weighted by atomic mass is 16.5. The highest BCUT2D eigenvalue weighted by Gasteiger charge is 2.16. The maximum Gasteiger partial charge on any atom is 0.374 e. The van der Waals surface area contributed by atoms with Gasteiger partial charge in [0.1, 0.15) is 5.58 Å². The Morgan fingerprint density at radius 2 is 1.86 bits per heavy atom. The molecule has 3 rings (SSSR count). The van der Waals surface area contributed by atoms with Gasteiger partial charge in [0.2, 0.25) is 5.76 Å². The van der Waals surface area contributed by atoms with Gasteiger partial charge < -0.3 is 9.15 Å². The second-order valence-electron chi connectivity index (χ2n) is 5.37. The molecule has 0 N–H and O–H groups in total. The minimum Gasteiger partial charge on any atom is -0.460 e. The number of hydrogen-bond acceptors (Lipinski definition) is 4. The van der Waals surface area contributed by atoms with Crippen molar-refractivity contribution in [3.8, 4) is 0 Å². The van der Waals surface area contributed by atoms with Crippen molar-refractivity contribution in [3.63, 3.8) is 0 Å². The Morgan fingerprint density at radius 3 is 2.57 bits per heavy atom. The van der Waals surface area contributed by atoms with Gasteiger partial charge in [0.15, 0.2) is 5.43 Å². The van der Waals surface area contributed by atoms with Crippen LogP contribution in [-0.2, 0) is 17.6 Å². The quantitative estimate of drug-likeness (QED) is 0.628. The van der Waals surface area contributed by atoms with Crippen LogP contribution in [0.25, 0.3) is 11.0 Å². The van der Waals surface area contributed by atoms with Gasteiger partial charge in [-0.1, -0.05) is 6.42 Å². The van der Waals surface area contributed by atoms with E-state index in [1.807, 2.05) is 12.1 Å². The van der Waals surface area contributed by atoms with Crippen LogP contribution in [0.15, 0.2) is 27.4 Å². The van der Waals surface area contributed by atoms with E-state index in [1.165, 1.54) is 23.6 Å². The van der Waals surface area contributed by atoms with E-state index in [0.717, 1.165) is 25.7 Å². The summed E-state index contributed by atoms with van der Waals surface area (Å²) in [7, 11) is 0. The average molecular weight is 286 g/mol. The summed E-state index contributed by atoms with van der Waals surface area (Å²) in [5.74, 6) is -0.616. The molecule has 1 aliphatic carbocycles. The zero-order valence-electron chi connectivity index (χ0n) is 12.1. The third-order valence-electron chi connectivity index (χ3n) is 3.92. The predicted molar refractivity (Wildman–Crippen MR) is 79.7 cm³/mol. The van der Waals surface area contributed by atoms with Crippen LogP contribution in [0.5, 0.6) is 0 Å². The maximum atomic E-state index is 12.2. The van der Waals surface area contributed by atoms with Crippen molar-refractivity contribution in [1.82, 2.24) is 0 Å². The molecular formula is C17H18O4. The smallest absolute Gasteiger partial charge is 0.374 e. The molecule has 1 aromatic carbocycles. The van der Waals surface area contributed by atoms with E-state index in [2.05, 4.69) is 0 Å². The van der Waals surface area contributed by atoms with Gasteiger partial charge in [-0.25, -0.2) is 4.79 Å². The Balaban J connectivity index is 2.14. The van der Waals surface area contributed by atoms with Crippen molar-refractivity contribution in [2.45, 2.75) is 39.0 Å². The summed E-state index contributed by atoms with van der Waals surface area (Å²) in [6, 6.07) is 5.07. The van der Waals surface area contributed by atoms with Crippen molar-refractivity contribution in [1.29, 1.82) is 0 Å². The van der Waals surface area contributed by atoms with Crippen LogP contribution in [-0.4, -0.2) is 12.6 Å². The molecule has 0 saturated heterocycles. The number of carbonyl (C=O) groups is 1. The SMILES string of the molecule is CCOC(=O)c1cc(=O)c2cc3c(cc2o1)CCCCC3. The zero-order chi connectivity index (χ0) is 14.8. The molecule has 110 valence electrons. The summed E-state index contributed by atoms with van der Waals surface area (Å²) in [5.41, 5.74) is 2.75. The monoisotopic (exact) mass is 286 g/mol. The van der Waals surface area contributed by atoms with E-state index < -0.39 is 5.97 Å². The standard InChI is InChI=1S/C17H18O4/c1-2-20-17(19)16-10-14(18)13-8-11-6-4-3-5-7-12(11)9-15(13)21-16/h8-10H,2-7H2,1H3. The fraction of sp³-hybridized carbons (Fsp3) is 0.412. The highest BCUT2D eigenvalue weighted by Crippen LogP contribution is 2.25. The molecular weight excluding hydrogens is 268 g/mol. The average Bonchev–Trinajstić information content (AvgIpc) is 2.70. The number of ether oxygens (including phenoxy) is 1. The topological polar surface area (TPSA) is 56.5 Å². The number of fused-ring (bicyclic) bond motifs is 2.